The Morgan fingerprint density at radius 1 is 1.14 bits per heavy atom. The molecule has 1 saturated carbocycles. The summed E-state index contributed by atoms with van der Waals surface area (Å²) >= 11 is 3.50. The van der Waals surface area contributed by atoms with Gasteiger partial charge in [0.25, 0.3) is 0 Å². The van der Waals surface area contributed by atoms with Gasteiger partial charge in [-0.05, 0) is 67.2 Å². The maximum Gasteiger partial charge on any atom is 0.167 e. The molecule has 1 aromatic rings. The highest BCUT2D eigenvalue weighted by molar-refractivity contribution is 9.10. The number of hydrogen-bond donors (Lipinski definition) is 1. The van der Waals surface area contributed by atoms with Crippen LogP contribution in [0.3, 0.4) is 0 Å². The van der Waals surface area contributed by atoms with Crippen molar-refractivity contribution in [2.75, 3.05) is 0 Å². The summed E-state index contributed by atoms with van der Waals surface area (Å²) < 4.78 is 0.954. The summed E-state index contributed by atoms with van der Waals surface area (Å²) in [5.74, 6) is 1.47. The lowest BCUT2D eigenvalue weighted by Crippen LogP contribution is -2.15. The lowest BCUT2D eigenvalue weighted by Gasteiger charge is -2.26. The van der Waals surface area contributed by atoms with Gasteiger partial charge in [-0.2, -0.15) is 0 Å². The standard InChI is InChI=1S/C19H23BrO2/c1-2-14-7-8-15(20)11-16(14)19-17(21)9-12-3-4-13(6-5-12)10-18(19)22/h7-8,11-13,21H,2-6,9-10H2,1H3. The summed E-state index contributed by atoms with van der Waals surface area (Å²) in [6.07, 6.45) is 6.67. The van der Waals surface area contributed by atoms with Gasteiger partial charge in [0.1, 0.15) is 5.76 Å². The predicted octanol–water partition coefficient (Wildman–Crippen LogP) is 5.45. The van der Waals surface area contributed by atoms with Gasteiger partial charge >= 0.3 is 0 Å². The van der Waals surface area contributed by atoms with E-state index in [1.165, 1.54) is 0 Å². The third-order valence-corrected chi connectivity index (χ3v) is 5.71. The summed E-state index contributed by atoms with van der Waals surface area (Å²) in [5, 5.41) is 10.7. The van der Waals surface area contributed by atoms with Gasteiger partial charge in [-0.25, -0.2) is 0 Å². The number of Topliss-reactive ketones (excluding diaryl/α,β-unsaturated/α-hetero) is 1. The first-order valence-electron chi connectivity index (χ1n) is 8.32. The Balaban J connectivity index is 2.09. The van der Waals surface area contributed by atoms with E-state index in [9.17, 15) is 9.90 Å². The largest absolute Gasteiger partial charge is 0.512 e. The maximum atomic E-state index is 12.9. The van der Waals surface area contributed by atoms with Crippen molar-refractivity contribution in [1.29, 1.82) is 0 Å². The van der Waals surface area contributed by atoms with Crippen molar-refractivity contribution in [3.63, 3.8) is 0 Å². The minimum Gasteiger partial charge on any atom is -0.512 e. The summed E-state index contributed by atoms with van der Waals surface area (Å²) in [5.41, 5.74) is 2.63. The van der Waals surface area contributed by atoms with Crippen molar-refractivity contribution in [2.45, 2.75) is 51.9 Å². The molecule has 0 spiro atoms. The number of carbonyl (C=O) groups excluding carboxylic acids is 1. The first kappa shape index (κ1) is 15.8. The number of ketones is 1. The number of allylic oxidation sites excluding steroid dienone is 2. The SMILES string of the molecule is CCc1ccc(Br)cc1C1=C(O)CC2CCC(CC2)CC1=O. The van der Waals surface area contributed by atoms with Crippen LogP contribution in [0.25, 0.3) is 5.57 Å². The first-order valence-corrected chi connectivity index (χ1v) is 9.12. The van der Waals surface area contributed by atoms with E-state index in [4.69, 9.17) is 0 Å². The number of aryl methyl sites for hydroxylation is 1. The predicted molar refractivity (Wildman–Crippen MR) is 92.8 cm³/mol. The lowest BCUT2D eigenvalue weighted by molar-refractivity contribution is -0.114. The van der Waals surface area contributed by atoms with E-state index in [0.717, 1.165) is 47.7 Å². The van der Waals surface area contributed by atoms with Crippen LogP contribution in [0, 0.1) is 11.8 Å². The molecule has 1 aromatic carbocycles. The van der Waals surface area contributed by atoms with Gasteiger partial charge in [-0.1, -0.05) is 28.9 Å². The fourth-order valence-corrected chi connectivity index (χ4v) is 4.30. The highest BCUT2D eigenvalue weighted by Crippen LogP contribution is 2.40. The van der Waals surface area contributed by atoms with Crippen molar-refractivity contribution < 1.29 is 9.90 Å². The van der Waals surface area contributed by atoms with Gasteiger partial charge in [0.2, 0.25) is 0 Å². The number of carbonyl (C=O) groups is 1. The summed E-state index contributed by atoms with van der Waals surface area (Å²) in [6.45, 7) is 2.09. The second-order valence-corrected chi connectivity index (χ2v) is 7.61. The van der Waals surface area contributed by atoms with E-state index in [0.29, 0.717) is 36.0 Å². The second-order valence-electron chi connectivity index (χ2n) is 6.69. The van der Waals surface area contributed by atoms with Crippen LogP contribution in [0.5, 0.6) is 0 Å². The Labute approximate surface area is 140 Å². The molecule has 0 saturated heterocycles. The minimum absolute atomic E-state index is 0.123. The molecule has 4 rings (SSSR count). The van der Waals surface area contributed by atoms with Gasteiger partial charge in [0.15, 0.2) is 5.78 Å². The minimum atomic E-state index is 0.123. The van der Waals surface area contributed by atoms with E-state index >= 15 is 0 Å². The molecule has 22 heavy (non-hydrogen) atoms. The van der Waals surface area contributed by atoms with E-state index in [-0.39, 0.29) is 5.78 Å². The highest BCUT2D eigenvalue weighted by Gasteiger charge is 2.30. The van der Waals surface area contributed by atoms with Crippen molar-refractivity contribution in [3.8, 4) is 0 Å². The van der Waals surface area contributed by atoms with E-state index < -0.39 is 0 Å². The molecule has 0 atom stereocenters. The van der Waals surface area contributed by atoms with E-state index in [1.807, 2.05) is 18.2 Å². The number of fused-ring (bicyclic) bond motifs is 5. The Bertz CT molecular complexity index is 610. The maximum absolute atomic E-state index is 12.9. The second kappa shape index (κ2) is 6.57. The third kappa shape index (κ3) is 3.15. The Hall–Kier alpha value is -1.09. The van der Waals surface area contributed by atoms with Crippen LogP contribution >= 0.6 is 15.9 Å². The van der Waals surface area contributed by atoms with Gasteiger partial charge in [-0.3, -0.25) is 4.79 Å². The molecule has 0 aliphatic heterocycles. The average molecular weight is 363 g/mol. The van der Waals surface area contributed by atoms with Crippen LogP contribution in [0.15, 0.2) is 28.4 Å². The molecule has 3 aliphatic carbocycles. The van der Waals surface area contributed by atoms with Crippen LogP contribution in [0.4, 0.5) is 0 Å². The van der Waals surface area contributed by atoms with Gasteiger partial charge in [0, 0.05) is 17.3 Å². The number of benzene rings is 1. The summed E-state index contributed by atoms with van der Waals surface area (Å²) in [4.78, 5) is 12.9. The van der Waals surface area contributed by atoms with Crippen molar-refractivity contribution in [2.24, 2.45) is 11.8 Å². The Morgan fingerprint density at radius 2 is 1.77 bits per heavy atom. The molecule has 1 fully saturated rings. The van der Waals surface area contributed by atoms with Crippen molar-refractivity contribution in [1.82, 2.24) is 0 Å². The van der Waals surface area contributed by atoms with E-state index in [1.54, 1.807) is 0 Å². The molecule has 2 nitrogen and oxygen atoms in total. The Kier molecular flexibility index (Phi) is 4.72. The molecule has 0 radical (unpaired) electrons. The molecule has 3 heteroatoms. The number of aliphatic hydroxyl groups is 1. The molecule has 1 N–H and O–H groups in total. The van der Waals surface area contributed by atoms with Gasteiger partial charge in [-0.15, -0.1) is 0 Å². The molecular formula is C19H23BrO2. The first-order chi connectivity index (χ1) is 10.6. The van der Waals surface area contributed by atoms with Crippen LogP contribution < -0.4 is 0 Å². The third-order valence-electron chi connectivity index (χ3n) is 5.21. The van der Waals surface area contributed by atoms with Crippen LogP contribution in [-0.4, -0.2) is 10.9 Å². The lowest BCUT2D eigenvalue weighted by atomic mass is 9.79. The molecule has 0 aromatic heterocycles. The van der Waals surface area contributed by atoms with Gasteiger partial charge < -0.3 is 5.11 Å². The molecular weight excluding hydrogens is 340 g/mol. The van der Waals surface area contributed by atoms with Crippen molar-refractivity contribution in [3.05, 3.63) is 39.6 Å². The summed E-state index contributed by atoms with van der Waals surface area (Å²) in [7, 11) is 0. The zero-order chi connectivity index (χ0) is 15.7. The fourth-order valence-electron chi connectivity index (χ4n) is 3.94. The normalized spacial score (nSPS) is 25.8. The quantitative estimate of drug-likeness (QED) is 0.759. The fraction of sp³-hybridized carbons (Fsp3) is 0.526. The van der Waals surface area contributed by atoms with E-state index in [2.05, 4.69) is 22.9 Å². The number of rotatable bonds is 2. The smallest absolute Gasteiger partial charge is 0.167 e. The molecule has 0 amide bonds. The van der Waals surface area contributed by atoms with Crippen molar-refractivity contribution >= 4 is 27.3 Å². The molecule has 3 aliphatic rings. The Morgan fingerprint density at radius 3 is 2.41 bits per heavy atom. The van der Waals surface area contributed by atoms with Crippen LogP contribution in [-0.2, 0) is 11.2 Å². The topological polar surface area (TPSA) is 37.3 Å². The van der Waals surface area contributed by atoms with Gasteiger partial charge in [0.05, 0.1) is 5.57 Å². The van der Waals surface area contributed by atoms with Crippen LogP contribution in [0.1, 0.15) is 56.6 Å². The number of aliphatic hydroxyl groups excluding tert-OH is 1. The average Bonchev–Trinajstić information content (AvgIpc) is 2.58. The molecule has 118 valence electrons. The number of hydrogen-bond acceptors (Lipinski definition) is 2. The summed E-state index contributed by atoms with van der Waals surface area (Å²) in [6, 6.07) is 6.04. The monoisotopic (exact) mass is 362 g/mol. The van der Waals surface area contributed by atoms with Crippen LogP contribution in [0.2, 0.25) is 0 Å². The zero-order valence-corrected chi connectivity index (χ0v) is 14.7. The number of halogens is 1. The molecule has 0 heterocycles. The molecule has 0 unspecified atom stereocenters. The highest BCUT2D eigenvalue weighted by atomic mass is 79.9. The molecule has 2 bridgehead atoms. The zero-order valence-electron chi connectivity index (χ0n) is 13.1.